The summed E-state index contributed by atoms with van der Waals surface area (Å²) in [6.45, 7) is 0.178. The molecule has 14 heteroatoms. The van der Waals surface area contributed by atoms with E-state index >= 15 is 8.78 Å². The summed E-state index contributed by atoms with van der Waals surface area (Å²) in [5.74, 6) is -6.17. The maximum Gasteiger partial charge on any atom is 0.418 e. The Hall–Kier alpha value is -3.26. The predicted octanol–water partition coefficient (Wildman–Crippen LogP) is 4.29. The van der Waals surface area contributed by atoms with Crippen molar-refractivity contribution < 1.29 is 45.7 Å². The highest BCUT2D eigenvalue weighted by Gasteiger charge is 2.82. The summed E-state index contributed by atoms with van der Waals surface area (Å²) >= 11 is 0. The molecule has 3 unspecified atom stereocenters. The molecule has 3 saturated carbocycles. The van der Waals surface area contributed by atoms with E-state index in [0.29, 0.717) is 11.6 Å². The lowest BCUT2D eigenvalue weighted by Crippen LogP contribution is -2.76. The molecule has 2 N–H and O–H groups in total. The van der Waals surface area contributed by atoms with Gasteiger partial charge in [-0.2, -0.15) is 13.2 Å². The molecule has 39 heavy (non-hydrogen) atoms. The molecule has 0 amide bonds. The van der Waals surface area contributed by atoms with Crippen LogP contribution in [0.2, 0.25) is 0 Å². The molecule has 6 rings (SSSR count). The Bertz CT molecular complexity index is 1330. The van der Waals surface area contributed by atoms with Gasteiger partial charge in [-0.3, -0.25) is 0 Å². The number of hydrogen-bond acceptors (Lipinski definition) is 6. The Morgan fingerprint density at radius 3 is 2.21 bits per heavy atom. The van der Waals surface area contributed by atoms with E-state index in [-0.39, 0.29) is 25.0 Å². The number of hydrogen-bond donors (Lipinski definition) is 2. The topological polar surface area (TPSA) is 93.3 Å². The second-order valence-electron chi connectivity index (χ2n) is 10.5. The highest BCUT2D eigenvalue weighted by molar-refractivity contribution is 5.44. The molecule has 7 nitrogen and oxygen atoms in total. The van der Waals surface area contributed by atoms with Crippen molar-refractivity contribution in [3.63, 3.8) is 0 Å². The van der Waals surface area contributed by atoms with E-state index in [1.165, 1.54) is 12.1 Å². The SMILES string of the molecule is CC(Oc1ccc(C23CC(C(F)(F)C(O)(Cn4cnnn4)c4ccc(F)cc4F)(C2)C3)cc1)C(O)C(F)(F)F. The molecule has 3 aromatic rings. The molecule has 3 fully saturated rings. The normalized spacial score (nSPS) is 25.7. The van der Waals surface area contributed by atoms with E-state index in [1.807, 2.05) is 0 Å². The minimum atomic E-state index is -4.85. The quantitative estimate of drug-likeness (QED) is 0.380. The average molecular weight is 560 g/mol. The summed E-state index contributed by atoms with van der Waals surface area (Å²) in [5.41, 5.74) is -5.62. The van der Waals surface area contributed by atoms with Crippen molar-refractivity contribution >= 4 is 0 Å². The molecule has 1 heterocycles. The van der Waals surface area contributed by atoms with E-state index in [2.05, 4.69) is 15.5 Å². The third-order valence-corrected chi connectivity index (χ3v) is 7.94. The van der Waals surface area contributed by atoms with Gasteiger partial charge in [-0.05, 0) is 71.9 Å². The molecule has 3 aliphatic rings. The van der Waals surface area contributed by atoms with Gasteiger partial charge in [0.1, 0.15) is 29.8 Å². The average Bonchev–Trinajstić information content (AvgIpc) is 3.29. The maximum atomic E-state index is 16.2. The number of tetrazole rings is 1. The van der Waals surface area contributed by atoms with Crippen molar-refractivity contribution in [3.05, 3.63) is 71.6 Å². The van der Waals surface area contributed by atoms with Crippen LogP contribution in [0.1, 0.15) is 37.3 Å². The fourth-order valence-electron chi connectivity index (χ4n) is 5.96. The minimum absolute atomic E-state index is 0.0584. The number of halogens is 7. The third-order valence-electron chi connectivity index (χ3n) is 7.94. The predicted molar refractivity (Wildman–Crippen MR) is 120 cm³/mol. The van der Waals surface area contributed by atoms with Crippen LogP contribution in [0.5, 0.6) is 5.75 Å². The van der Waals surface area contributed by atoms with Crippen LogP contribution in [0.25, 0.3) is 0 Å². The number of aromatic nitrogens is 4. The van der Waals surface area contributed by atoms with Gasteiger partial charge in [0, 0.05) is 17.0 Å². The van der Waals surface area contributed by atoms with Crippen LogP contribution < -0.4 is 4.74 Å². The summed E-state index contributed by atoms with van der Waals surface area (Å²) in [7, 11) is 0. The highest BCUT2D eigenvalue weighted by Crippen LogP contribution is 2.80. The van der Waals surface area contributed by atoms with Crippen LogP contribution in [-0.2, 0) is 17.6 Å². The molecule has 3 atom stereocenters. The van der Waals surface area contributed by atoms with Crippen LogP contribution >= 0.6 is 0 Å². The third kappa shape index (κ3) is 4.24. The fraction of sp³-hybridized carbons (Fsp3) is 0.480. The molecule has 3 aliphatic carbocycles. The van der Waals surface area contributed by atoms with Gasteiger partial charge < -0.3 is 14.9 Å². The van der Waals surface area contributed by atoms with Crippen molar-refractivity contribution in [3.8, 4) is 5.75 Å². The molecule has 0 radical (unpaired) electrons. The second kappa shape index (κ2) is 8.88. The molecule has 210 valence electrons. The van der Waals surface area contributed by atoms with Gasteiger partial charge in [0.05, 0.1) is 6.54 Å². The Morgan fingerprint density at radius 1 is 1.03 bits per heavy atom. The molecular formula is C25H23F7N4O3. The standard InChI is InChI=1S/C25H23F7N4O3/c1-14(20(37)24(28,29)30)39-17-5-2-15(3-6-17)21-9-22(10-21,11-21)25(31,32)23(38,12-36-13-33-34-35-36)18-7-4-16(26)8-19(18)27/h2-8,13-14,20,37-38H,9-12H2,1H3. The number of benzene rings is 2. The highest BCUT2D eigenvalue weighted by atomic mass is 19.4. The van der Waals surface area contributed by atoms with Gasteiger partial charge in [-0.25, -0.2) is 22.2 Å². The fourth-order valence-corrected chi connectivity index (χ4v) is 5.96. The minimum Gasteiger partial charge on any atom is -0.488 e. The number of rotatable bonds is 9. The van der Waals surface area contributed by atoms with E-state index in [0.717, 1.165) is 30.1 Å². The summed E-state index contributed by atoms with van der Waals surface area (Å²) in [5, 5.41) is 31.0. The lowest BCUT2D eigenvalue weighted by Gasteiger charge is -2.74. The Balaban J connectivity index is 1.36. The van der Waals surface area contributed by atoms with E-state index in [4.69, 9.17) is 4.74 Å². The first-order valence-corrected chi connectivity index (χ1v) is 11.9. The first-order chi connectivity index (χ1) is 18.1. The van der Waals surface area contributed by atoms with Gasteiger partial charge in [0.15, 0.2) is 11.7 Å². The Labute approximate surface area is 217 Å². The number of aliphatic hydroxyl groups excluding tert-OH is 1. The summed E-state index contributed by atoms with van der Waals surface area (Å²) < 4.78 is 105. The van der Waals surface area contributed by atoms with Gasteiger partial charge in [0.25, 0.3) is 5.92 Å². The monoisotopic (exact) mass is 560 g/mol. The van der Waals surface area contributed by atoms with Crippen LogP contribution in [-0.4, -0.2) is 54.7 Å². The largest absolute Gasteiger partial charge is 0.488 e. The van der Waals surface area contributed by atoms with E-state index in [9.17, 15) is 32.2 Å². The lowest BCUT2D eigenvalue weighted by atomic mass is 9.30. The summed E-state index contributed by atoms with van der Waals surface area (Å²) in [6, 6.07) is 7.86. The molecule has 1 aromatic heterocycles. The second-order valence-corrected chi connectivity index (χ2v) is 10.5. The molecule has 2 aromatic carbocycles. The van der Waals surface area contributed by atoms with Crippen molar-refractivity contribution in [1.82, 2.24) is 20.2 Å². The molecule has 2 bridgehead atoms. The van der Waals surface area contributed by atoms with Crippen molar-refractivity contribution in [2.75, 3.05) is 0 Å². The van der Waals surface area contributed by atoms with Gasteiger partial charge >= 0.3 is 6.18 Å². The number of ether oxygens (including phenoxy) is 1. The molecule has 0 aliphatic heterocycles. The summed E-state index contributed by atoms with van der Waals surface area (Å²) in [6.07, 6.45) is -8.30. The zero-order valence-electron chi connectivity index (χ0n) is 20.3. The molecule has 0 spiro atoms. The molecule has 0 saturated heterocycles. The molecular weight excluding hydrogens is 537 g/mol. The first-order valence-electron chi connectivity index (χ1n) is 11.9. The summed E-state index contributed by atoms with van der Waals surface area (Å²) in [4.78, 5) is 0. The van der Waals surface area contributed by atoms with Crippen LogP contribution in [0.3, 0.4) is 0 Å². The van der Waals surface area contributed by atoms with Crippen molar-refractivity contribution in [2.45, 2.75) is 68.1 Å². The lowest BCUT2D eigenvalue weighted by molar-refractivity contribution is -0.347. The number of alkyl halides is 5. The van der Waals surface area contributed by atoms with E-state index < -0.39 is 64.5 Å². The maximum absolute atomic E-state index is 16.2. The van der Waals surface area contributed by atoms with Crippen molar-refractivity contribution in [1.29, 1.82) is 0 Å². The zero-order valence-corrected chi connectivity index (χ0v) is 20.3. The first kappa shape index (κ1) is 27.3. The van der Waals surface area contributed by atoms with Crippen LogP contribution in [0, 0.1) is 17.0 Å². The number of nitrogens with zero attached hydrogens (tertiary/aromatic N) is 4. The van der Waals surface area contributed by atoms with Crippen LogP contribution in [0.15, 0.2) is 48.8 Å². The number of aliphatic hydroxyl groups is 2. The van der Waals surface area contributed by atoms with Gasteiger partial charge in [-0.1, -0.05) is 12.1 Å². The van der Waals surface area contributed by atoms with Crippen LogP contribution in [0.4, 0.5) is 30.7 Å². The van der Waals surface area contributed by atoms with Gasteiger partial charge in [0.2, 0.25) is 0 Å². The zero-order chi connectivity index (χ0) is 28.4. The Kier molecular flexibility index (Phi) is 6.22. The van der Waals surface area contributed by atoms with Gasteiger partial charge in [-0.15, -0.1) is 5.10 Å². The van der Waals surface area contributed by atoms with Crippen molar-refractivity contribution in [2.24, 2.45) is 5.41 Å². The smallest absolute Gasteiger partial charge is 0.418 e. The van der Waals surface area contributed by atoms with E-state index in [1.54, 1.807) is 12.1 Å². The Morgan fingerprint density at radius 2 is 1.67 bits per heavy atom.